The molecule has 2 aromatic carbocycles. The minimum Gasteiger partial charge on any atom is -0.322 e. The van der Waals surface area contributed by atoms with E-state index in [0.29, 0.717) is 22.0 Å². The number of aromatic nitrogens is 4. The fraction of sp³-hybridized carbons (Fsp3) is 0.0909. The zero-order valence-corrected chi connectivity index (χ0v) is 18.2. The van der Waals surface area contributed by atoms with E-state index in [0.717, 1.165) is 15.6 Å². The van der Waals surface area contributed by atoms with Crippen LogP contribution in [-0.4, -0.2) is 25.7 Å². The second kappa shape index (κ2) is 9.76. The summed E-state index contributed by atoms with van der Waals surface area (Å²) in [5.74, 6) is 0.0852. The molecular weight excluding hydrogens is 433 g/mol. The number of carbonyl (C=O) groups is 1. The Bertz CT molecular complexity index is 1180. The molecule has 4 aromatic rings. The van der Waals surface area contributed by atoms with E-state index in [1.165, 1.54) is 35.7 Å². The van der Waals surface area contributed by atoms with Crippen LogP contribution in [-0.2, 0) is 12.8 Å². The molecule has 156 valence electrons. The Kier molecular flexibility index (Phi) is 6.63. The van der Waals surface area contributed by atoms with Gasteiger partial charge in [-0.05, 0) is 65.9 Å². The summed E-state index contributed by atoms with van der Waals surface area (Å²) < 4.78 is 14.9. The number of hydrogen-bond acceptors (Lipinski definition) is 6. The first-order chi connectivity index (χ1) is 15.1. The molecule has 0 saturated heterocycles. The summed E-state index contributed by atoms with van der Waals surface area (Å²) >= 11 is 2.93. The quantitative estimate of drug-likeness (QED) is 0.397. The zero-order valence-electron chi connectivity index (χ0n) is 16.5. The van der Waals surface area contributed by atoms with E-state index in [4.69, 9.17) is 0 Å². The molecule has 0 atom stereocenters. The van der Waals surface area contributed by atoms with Crippen LogP contribution in [0.3, 0.4) is 0 Å². The molecule has 0 aliphatic rings. The molecule has 31 heavy (non-hydrogen) atoms. The van der Waals surface area contributed by atoms with E-state index in [1.54, 1.807) is 36.8 Å². The van der Waals surface area contributed by atoms with E-state index in [1.807, 2.05) is 35.9 Å². The van der Waals surface area contributed by atoms with Gasteiger partial charge < -0.3 is 9.88 Å². The number of hydrogen-bond donors (Lipinski definition) is 1. The van der Waals surface area contributed by atoms with Crippen molar-refractivity contribution in [3.05, 3.63) is 90.1 Å². The van der Waals surface area contributed by atoms with E-state index in [2.05, 4.69) is 20.5 Å². The van der Waals surface area contributed by atoms with Crippen molar-refractivity contribution in [2.45, 2.75) is 20.8 Å². The maximum atomic E-state index is 13.1. The van der Waals surface area contributed by atoms with Gasteiger partial charge in [0, 0.05) is 29.6 Å². The summed E-state index contributed by atoms with van der Waals surface area (Å²) in [6.07, 6.45) is 3.30. The van der Waals surface area contributed by atoms with Crippen LogP contribution in [0.5, 0.6) is 0 Å². The Morgan fingerprint density at radius 2 is 1.87 bits per heavy atom. The Hall–Kier alpha value is -3.17. The van der Waals surface area contributed by atoms with E-state index in [9.17, 15) is 9.18 Å². The van der Waals surface area contributed by atoms with Crippen molar-refractivity contribution in [3.63, 3.8) is 0 Å². The monoisotopic (exact) mass is 451 g/mol. The molecule has 2 heterocycles. The van der Waals surface area contributed by atoms with Gasteiger partial charge in [-0.15, -0.1) is 22.0 Å². The minimum atomic E-state index is -0.271. The van der Waals surface area contributed by atoms with Crippen LogP contribution in [0.25, 0.3) is 0 Å². The predicted octanol–water partition coefficient (Wildman–Crippen LogP) is 5.05. The fourth-order valence-electron chi connectivity index (χ4n) is 2.69. The molecule has 0 aliphatic heterocycles. The summed E-state index contributed by atoms with van der Waals surface area (Å²) in [5, 5.41) is 12.2. The van der Waals surface area contributed by atoms with Crippen molar-refractivity contribution in [3.8, 4) is 0 Å². The van der Waals surface area contributed by atoms with Gasteiger partial charge in [0.2, 0.25) is 0 Å². The third kappa shape index (κ3) is 5.50. The first kappa shape index (κ1) is 21.1. The molecule has 0 aliphatic carbocycles. The van der Waals surface area contributed by atoms with Crippen LogP contribution in [0, 0.1) is 5.82 Å². The molecule has 0 radical (unpaired) electrons. The zero-order chi connectivity index (χ0) is 21.6. The van der Waals surface area contributed by atoms with Crippen molar-refractivity contribution >= 4 is 35.1 Å². The lowest BCUT2D eigenvalue weighted by Crippen LogP contribution is -2.13. The molecular formula is C22H18FN5OS2. The first-order valence-corrected chi connectivity index (χ1v) is 11.1. The predicted molar refractivity (Wildman–Crippen MR) is 120 cm³/mol. The third-order valence-electron chi connectivity index (χ3n) is 4.30. The van der Waals surface area contributed by atoms with E-state index < -0.39 is 0 Å². The first-order valence-electron chi connectivity index (χ1n) is 9.34. The van der Waals surface area contributed by atoms with Gasteiger partial charge in [0.15, 0.2) is 5.16 Å². The van der Waals surface area contributed by atoms with Gasteiger partial charge in [-0.25, -0.2) is 9.37 Å². The molecule has 9 heteroatoms. The lowest BCUT2D eigenvalue weighted by atomic mass is 10.2. The number of thioether (sulfide) groups is 1. The molecule has 1 N–H and O–H groups in total. The Morgan fingerprint density at radius 3 is 2.58 bits per heavy atom. The highest BCUT2D eigenvalue weighted by Gasteiger charge is 2.13. The Morgan fingerprint density at radius 1 is 1.10 bits per heavy atom. The standard InChI is InChI=1S/C22H18FN5OS2/c1-28-14-25-27-22(28)31-18-10-8-17(9-11-18)26-20(29)19-3-2-12-24-21(19)30-13-15-4-6-16(23)7-5-15/h2-12,14H,13H2,1H3,(H,26,29). The normalized spacial score (nSPS) is 10.8. The highest BCUT2D eigenvalue weighted by molar-refractivity contribution is 7.99. The maximum Gasteiger partial charge on any atom is 0.258 e. The van der Waals surface area contributed by atoms with Gasteiger partial charge in [0.25, 0.3) is 5.91 Å². The summed E-state index contributed by atoms with van der Waals surface area (Å²) in [7, 11) is 1.89. The van der Waals surface area contributed by atoms with Crippen molar-refractivity contribution < 1.29 is 9.18 Å². The van der Waals surface area contributed by atoms with Gasteiger partial charge in [-0.2, -0.15) is 0 Å². The number of nitrogens with zero attached hydrogens (tertiary/aromatic N) is 4. The molecule has 0 saturated carbocycles. The average molecular weight is 452 g/mol. The van der Waals surface area contributed by atoms with Gasteiger partial charge in [-0.1, -0.05) is 12.1 Å². The summed E-state index contributed by atoms with van der Waals surface area (Å²) in [6.45, 7) is 0. The topological polar surface area (TPSA) is 72.7 Å². The van der Waals surface area contributed by atoms with E-state index in [-0.39, 0.29) is 11.7 Å². The lowest BCUT2D eigenvalue weighted by molar-refractivity contribution is 0.102. The smallest absolute Gasteiger partial charge is 0.258 e. The summed E-state index contributed by atoms with van der Waals surface area (Å²) in [6, 6.07) is 17.3. The lowest BCUT2D eigenvalue weighted by Gasteiger charge is -2.10. The molecule has 0 unspecified atom stereocenters. The highest BCUT2D eigenvalue weighted by Crippen LogP contribution is 2.28. The van der Waals surface area contributed by atoms with Crippen LogP contribution in [0.15, 0.2) is 88.3 Å². The largest absolute Gasteiger partial charge is 0.322 e. The molecule has 0 spiro atoms. The highest BCUT2D eigenvalue weighted by atomic mass is 32.2. The van der Waals surface area contributed by atoms with Crippen LogP contribution >= 0.6 is 23.5 Å². The number of aryl methyl sites for hydroxylation is 1. The van der Waals surface area contributed by atoms with Crippen molar-refractivity contribution in [2.24, 2.45) is 7.05 Å². The fourth-order valence-corrected chi connectivity index (χ4v) is 4.40. The number of rotatable bonds is 7. The SMILES string of the molecule is Cn1cnnc1Sc1ccc(NC(=O)c2cccnc2SCc2ccc(F)cc2)cc1. The Labute approximate surface area is 187 Å². The number of halogens is 1. The number of pyridine rings is 1. The van der Waals surface area contributed by atoms with Gasteiger partial charge in [0.1, 0.15) is 17.2 Å². The number of benzene rings is 2. The summed E-state index contributed by atoms with van der Waals surface area (Å²) in [4.78, 5) is 18.2. The van der Waals surface area contributed by atoms with Crippen molar-refractivity contribution in [2.75, 3.05) is 5.32 Å². The molecule has 4 rings (SSSR count). The van der Waals surface area contributed by atoms with E-state index >= 15 is 0 Å². The number of amides is 1. The Balaban J connectivity index is 1.41. The number of carbonyl (C=O) groups excluding carboxylic acids is 1. The molecule has 0 fully saturated rings. The van der Waals surface area contributed by atoms with Gasteiger partial charge in [-0.3, -0.25) is 4.79 Å². The van der Waals surface area contributed by atoms with Crippen LogP contribution in [0.2, 0.25) is 0 Å². The third-order valence-corrected chi connectivity index (χ3v) is 6.43. The maximum absolute atomic E-state index is 13.1. The van der Waals surface area contributed by atoms with Crippen molar-refractivity contribution in [1.29, 1.82) is 0 Å². The van der Waals surface area contributed by atoms with Crippen LogP contribution < -0.4 is 5.32 Å². The second-order valence-electron chi connectivity index (χ2n) is 6.58. The average Bonchev–Trinajstić information content (AvgIpc) is 3.19. The second-order valence-corrected chi connectivity index (χ2v) is 8.58. The number of anilines is 1. The van der Waals surface area contributed by atoms with Crippen LogP contribution in [0.4, 0.5) is 10.1 Å². The molecule has 2 aromatic heterocycles. The molecule has 1 amide bonds. The van der Waals surface area contributed by atoms with Crippen LogP contribution in [0.1, 0.15) is 15.9 Å². The van der Waals surface area contributed by atoms with Gasteiger partial charge >= 0.3 is 0 Å². The molecule has 0 bridgehead atoms. The minimum absolute atomic E-state index is 0.233. The summed E-state index contributed by atoms with van der Waals surface area (Å²) in [5.41, 5.74) is 2.14. The number of nitrogens with one attached hydrogen (secondary N) is 1. The molecule has 6 nitrogen and oxygen atoms in total. The van der Waals surface area contributed by atoms with Crippen molar-refractivity contribution in [1.82, 2.24) is 19.7 Å². The van der Waals surface area contributed by atoms with Gasteiger partial charge in [0.05, 0.1) is 5.56 Å².